The van der Waals surface area contributed by atoms with Gasteiger partial charge in [0.2, 0.25) is 0 Å². The lowest BCUT2D eigenvalue weighted by molar-refractivity contribution is -0.118. The molecule has 3 rings (SSSR count). The predicted octanol–water partition coefficient (Wildman–Crippen LogP) is 4.47. The van der Waals surface area contributed by atoms with Gasteiger partial charge in [0.25, 0.3) is 5.91 Å². The molecule has 1 aliphatic rings. The highest BCUT2D eigenvalue weighted by molar-refractivity contribution is 7.15. The van der Waals surface area contributed by atoms with Crippen molar-refractivity contribution in [3.63, 3.8) is 0 Å². The first-order valence-corrected chi connectivity index (χ1v) is 9.36. The van der Waals surface area contributed by atoms with E-state index in [4.69, 9.17) is 4.74 Å². The molecule has 1 amide bonds. The third-order valence-electron chi connectivity index (χ3n) is 4.33. The molecule has 2 aromatic rings. The summed E-state index contributed by atoms with van der Waals surface area (Å²) >= 11 is 1.60. The fraction of sp³-hybridized carbons (Fsp3) is 0.474. The average molecular weight is 344 g/mol. The Bertz CT molecular complexity index is 713. The predicted molar refractivity (Wildman–Crippen MR) is 98.1 cm³/mol. The topological polar surface area (TPSA) is 51.2 Å². The molecule has 24 heavy (non-hydrogen) atoms. The van der Waals surface area contributed by atoms with Gasteiger partial charge in [-0.2, -0.15) is 0 Å². The van der Waals surface area contributed by atoms with Gasteiger partial charge in [-0.05, 0) is 55.7 Å². The molecule has 5 heteroatoms. The summed E-state index contributed by atoms with van der Waals surface area (Å²) in [4.78, 5) is 18.0. The molecule has 1 aromatic carbocycles. The van der Waals surface area contributed by atoms with Crippen molar-refractivity contribution in [2.75, 3.05) is 11.9 Å². The third-order valence-corrected chi connectivity index (χ3v) is 5.40. The fourth-order valence-corrected chi connectivity index (χ4v) is 3.90. The second-order valence-electron chi connectivity index (χ2n) is 6.61. The summed E-state index contributed by atoms with van der Waals surface area (Å²) in [6.45, 7) is 6.29. The SMILES string of the molecule is Cc1ccc(C(C)C)cc1OCC(=O)Nc1nc2c(s1)CCCC2. The van der Waals surface area contributed by atoms with Crippen LogP contribution in [0, 0.1) is 6.92 Å². The molecule has 1 aliphatic carbocycles. The maximum absolute atomic E-state index is 12.2. The zero-order valence-corrected chi connectivity index (χ0v) is 15.3. The van der Waals surface area contributed by atoms with Gasteiger partial charge in [0.15, 0.2) is 11.7 Å². The Kier molecular flexibility index (Phi) is 5.19. The van der Waals surface area contributed by atoms with Gasteiger partial charge in [-0.3, -0.25) is 10.1 Å². The molecule has 4 nitrogen and oxygen atoms in total. The maximum Gasteiger partial charge on any atom is 0.264 e. The molecule has 1 heterocycles. The Labute approximate surface area is 147 Å². The molecule has 1 N–H and O–H groups in total. The van der Waals surface area contributed by atoms with Crippen LogP contribution in [0.4, 0.5) is 5.13 Å². The van der Waals surface area contributed by atoms with E-state index in [1.807, 2.05) is 19.1 Å². The van der Waals surface area contributed by atoms with Gasteiger partial charge in [0, 0.05) is 4.88 Å². The summed E-state index contributed by atoms with van der Waals surface area (Å²) < 4.78 is 5.73. The number of aryl methyl sites for hydroxylation is 3. The lowest BCUT2D eigenvalue weighted by Gasteiger charge is -2.12. The summed E-state index contributed by atoms with van der Waals surface area (Å²) in [5.41, 5.74) is 3.41. The number of ether oxygens (including phenoxy) is 1. The lowest BCUT2D eigenvalue weighted by atomic mass is 10.0. The zero-order chi connectivity index (χ0) is 17.1. The van der Waals surface area contributed by atoms with Crippen molar-refractivity contribution in [3.05, 3.63) is 39.9 Å². The van der Waals surface area contributed by atoms with Crippen LogP contribution in [-0.2, 0) is 17.6 Å². The second-order valence-corrected chi connectivity index (χ2v) is 7.70. The van der Waals surface area contributed by atoms with Crippen molar-refractivity contribution < 1.29 is 9.53 Å². The third kappa shape index (κ3) is 3.96. The van der Waals surface area contributed by atoms with Crippen molar-refractivity contribution in [1.82, 2.24) is 4.98 Å². The highest BCUT2D eigenvalue weighted by Crippen LogP contribution is 2.29. The second kappa shape index (κ2) is 7.34. The van der Waals surface area contributed by atoms with E-state index in [1.54, 1.807) is 11.3 Å². The van der Waals surface area contributed by atoms with E-state index in [0.29, 0.717) is 11.0 Å². The molecule has 0 saturated carbocycles. The van der Waals surface area contributed by atoms with E-state index in [2.05, 4.69) is 30.2 Å². The first-order valence-electron chi connectivity index (χ1n) is 8.54. The van der Waals surface area contributed by atoms with Crippen molar-refractivity contribution in [3.8, 4) is 5.75 Å². The maximum atomic E-state index is 12.2. The molecule has 128 valence electrons. The first kappa shape index (κ1) is 17.0. The van der Waals surface area contributed by atoms with Gasteiger partial charge in [0.1, 0.15) is 5.75 Å². The molecule has 0 fully saturated rings. The lowest BCUT2D eigenvalue weighted by Crippen LogP contribution is -2.20. The Morgan fingerprint density at radius 3 is 2.88 bits per heavy atom. The number of amides is 1. The molecular weight excluding hydrogens is 320 g/mol. The number of hydrogen-bond donors (Lipinski definition) is 1. The number of carbonyl (C=O) groups is 1. The number of thiazole rings is 1. The Morgan fingerprint density at radius 1 is 1.33 bits per heavy atom. The standard InChI is InChI=1S/C19H24N2O2S/c1-12(2)14-9-8-13(3)16(10-14)23-11-18(22)21-19-20-15-6-4-5-7-17(15)24-19/h8-10,12H,4-7,11H2,1-3H3,(H,20,21,22). The van der Waals surface area contributed by atoms with E-state index < -0.39 is 0 Å². The fourth-order valence-electron chi connectivity index (χ4n) is 2.84. The molecule has 0 spiro atoms. The van der Waals surface area contributed by atoms with E-state index in [1.165, 1.54) is 23.3 Å². The number of aromatic nitrogens is 1. The van der Waals surface area contributed by atoms with E-state index >= 15 is 0 Å². The van der Waals surface area contributed by atoms with Crippen molar-refractivity contribution in [2.24, 2.45) is 0 Å². The van der Waals surface area contributed by atoms with Crippen LogP contribution in [0.1, 0.15) is 54.3 Å². The van der Waals surface area contributed by atoms with Crippen LogP contribution < -0.4 is 10.1 Å². The van der Waals surface area contributed by atoms with Gasteiger partial charge in [0.05, 0.1) is 5.69 Å². The number of hydrogen-bond acceptors (Lipinski definition) is 4. The van der Waals surface area contributed by atoms with Crippen molar-refractivity contribution in [1.29, 1.82) is 0 Å². The summed E-state index contributed by atoms with van der Waals surface area (Å²) in [7, 11) is 0. The average Bonchev–Trinajstić information content (AvgIpc) is 2.96. The molecule has 1 aromatic heterocycles. The van der Waals surface area contributed by atoms with E-state index in [9.17, 15) is 4.79 Å². The molecule has 0 atom stereocenters. The summed E-state index contributed by atoms with van der Waals surface area (Å²) in [5.74, 6) is 1.05. The smallest absolute Gasteiger partial charge is 0.264 e. The highest BCUT2D eigenvalue weighted by Gasteiger charge is 2.16. The molecular formula is C19H24N2O2S. The van der Waals surface area contributed by atoms with Crippen LogP contribution in [0.15, 0.2) is 18.2 Å². The minimum absolute atomic E-state index is 0.00658. The normalized spacial score (nSPS) is 13.7. The zero-order valence-electron chi connectivity index (χ0n) is 14.5. The number of anilines is 1. The van der Waals surface area contributed by atoms with Crippen LogP contribution >= 0.6 is 11.3 Å². The number of fused-ring (bicyclic) bond motifs is 1. The van der Waals surface area contributed by atoms with Gasteiger partial charge in [-0.25, -0.2) is 4.98 Å². The van der Waals surface area contributed by atoms with Crippen LogP contribution in [0.3, 0.4) is 0 Å². The monoisotopic (exact) mass is 344 g/mol. The van der Waals surface area contributed by atoms with Crippen LogP contribution in [0.5, 0.6) is 5.75 Å². The summed E-state index contributed by atoms with van der Waals surface area (Å²) in [6.07, 6.45) is 4.52. The van der Waals surface area contributed by atoms with Crippen LogP contribution in [0.2, 0.25) is 0 Å². The quantitative estimate of drug-likeness (QED) is 0.870. The Morgan fingerprint density at radius 2 is 2.12 bits per heavy atom. The van der Waals surface area contributed by atoms with Crippen LogP contribution in [0.25, 0.3) is 0 Å². The number of nitrogens with zero attached hydrogens (tertiary/aromatic N) is 1. The first-order chi connectivity index (χ1) is 11.5. The minimum atomic E-state index is -0.157. The summed E-state index contributed by atoms with van der Waals surface area (Å²) in [6, 6.07) is 6.17. The Hall–Kier alpha value is -1.88. The molecule has 0 aliphatic heterocycles. The molecule has 0 saturated heterocycles. The number of rotatable bonds is 5. The molecule has 0 unspecified atom stereocenters. The van der Waals surface area contributed by atoms with Gasteiger partial charge in [-0.15, -0.1) is 11.3 Å². The number of carbonyl (C=O) groups excluding carboxylic acids is 1. The number of benzene rings is 1. The highest BCUT2D eigenvalue weighted by atomic mass is 32.1. The Balaban J connectivity index is 1.59. The number of nitrogens with one attached hydrogen (secondary N) is 1. The van der Waals surface area contributed by atoms with Crippen molar-refractivity contribution >= 4 is 22.4 Å². The van der Waals surface area contributed by atoms with Gasteiger partial charge >= 0.3 is 0 Å². The molecule has 0 bridgehead atoms. The van der Waals surface area contributed by atoms with Gasteiger partial charge < -0.3 is 4.74 Å². The van der Waals surface area contributed by atoms with Gasteiger partial charge in [-0.1, -0.05) is 26.0 Å². The van der Waals surface area contributed by atoms with E-state index in [-0.39, 0.29) is 12.5 Å². The minimum Gasteiger partial charge on any atom is -0.483 e. The molecule has 0 radical (unpaired) electrons. The summed E-state index contributed by atoms with van der Waals surface area (Å²) in [5, 5.41) is 3.57. The van der Waals surface area contributed by atoms with Crippen molar-refractivity contribution in [2.45, 2.75) is 52.4 Å². The van der Waals surface area contributed by atoms with E-state index in [0.717, 1.165) is 29.8 Å². The van der Waals surface area contributed by atoms with Crippen LogP contribution in [-0.4, -0.2) is 17.5 Å². The largest absolute Gasteiger partial charge is 0.483 e.